The van der Waals surface area contributed by atoms with Crippen LogP contribution in [0.25, 0.3) is 28.3 Å². The van der Waals surface area contributed by atoms with Crippen LogP contribution in [-0.2, 0) is 6.54 Å². The van der Waals surface area contributed by atoms with Crippen LogP contribution in [0.1, 0.15) is 24.5 Å². The third-order valence-electron chi connectivity index (χ3n) is 7.47. The van der Waals surface area contributed by atoms with Crippen molar-refractivity contribution >= 4 is 17.6 Å². The Hall–Kier alpha value is -3.58. The quantitative estimate of drug-likeness (QED) is 0.315. The molecular formula is C29H31N7OS. The van der Waals surface area contributed by atoms with E-state index in [4.69, 9.17) is 5.26 Å². The summed E-state index contributed by atoms with van der Waals surface area (Å²) in [6.07, 6.45) is 5.13. The van der Waals surface area contributed by atoms with Gasteiger partial charge in [0.25, 0.3) is 0 Å². The molecule has 0 bridgehead atoms. The van der Waals surface area contributed by atoms with Crippen LogP contribution in [0.15, 0.2) is 61.1 Å². The summed E-state index contributed by atoms with van der Waals surface area (Å²) in [6, 6.07) is 18.8. The fourth-order valence-corrected chi connectivity index (χ4v) is 6.56. The molecule has 4 heterocycles. The van der Waals surface area contributed by atoms with E-state index in [0.29, 0.717) is 11.5 Å². The molecule has 194 valence electrons. The molecule has 1 N–H and O–H groups in total. The fraction of sp³-hybridized carbons (Fsp3) is 0.345. The van der Waals surface area contributed by atoms with Crippen LogP contribution in [0.3, 0.4) is 0 Å². The molecule has 1 fully saturated rings. The van der Waals surface area contributed by atoms with Crippen molar-refractivity contribution in [2.24, 2.45) is 5.92 Å². The topological polar surface area (TPSA) is 86.1 Å². The van der Waals surface area contributed by atoms with E-state index in [2.05, 4.69) is 79.0 Å². The van der Waals surface area contributed by atoms with Crippen molar-refractivity contribution in [2.45, 2.75) is 25.1 Å². The zero-order valence-electron chi connectivity index (χ0n) is 21.7. The van der Waals surface area contributed by atoms with Crippen LogP contribution in [0.2, 0.25) is 0 Å². The van der Waals surface area contributed by atoms with E-state index in [1.54, 1.807) is 18.3 Å². The molecule has 0 radical (unpaired) electrons. The third kappa shape index (κ3) is 4.71. The first-order chi connectivity index (χ1) is 18.5. The van der Waals surface area contributed by atoms with E-state index in [9.17, 15) is 5.11 Å². The predicted molar refractivity (Wildman–Crippen MR) is 151 cm³/mol. The monoisotopic (exact) mass is 525 g/mol. The number of fused-ring (bicyclic) bond motifs is 5. The minimum absolute atomic E-state index is 0.202. The number of hydrogen-bond donors (Lipinski definition) is 1. The van der Waals surface area contributed by atoms with Crippen molar-refractivity contribution < 1.29 is 5.11 Å². The molecule has 1 saturated heterocycles. The highest BCUT2D eigenvalue weighted by Gasteiger charge is 2.27. The number of benzene rings is 2. The Morgan fingerprint density at radius 3 is 2.82 bits per heavy atom. The average Bonchev–Trinajstić information content (AvgIpc) is 3.67. The number of nitrogens with zero attached hydrogens (tertiary/aromatic N) is 7. The second kappa shape index (κ2) is 10.3. The largest absolute Gasteiger partial charge is 0.395 e. The maximum atomic E-state index is 9.36. The van der Waals surface area contributed by atoms with E-state index >= 15 is 0 Å². The molecule has 2 aliphatic heterocycles. The predicted octanol–water partition coefficient (Wildman–Crippen LogP) is 4.42. The second-order valence-electron chi connectivity index (χ2n) is 10.3. The summed E-state index contributed by atoms with van der Waals surface area (Å²) in [5.41, 5.74) is 7.45. The lowest BCUT2D eigenvalue weighted by molar-refractivity contribution is 0.297. The maximum absolute atomic E-state index is 9.36. The zero-order chi connectivity index (χ0) is 26.2. The zero-order valence-corrected chi connectivity index (χ0v) is 22.5. The lowest BCUT2D eigenvalue weighted by atomic mass is 10.1. The summed E-state index contributed by atoms with van der Waals surface area (Å²) < 4.78 is 6.62. The molecule has 9 heteroatoms. The summed E-state index contributed by atoms with van der Waals surface area (Å²) in [5, 5.41) is 27.4. The Morgan fingerprint density at radius 2 is 2.03 bits per heavy atom. The molecule has 2 atom stereocenters. The van der Waals surface area contributed by atoms with Crippen LogP contribution in [-0.4, -0.2) is 67.3 Å². The van der Waals surface area contributed by atoms with Gasteiger partial charge in [-0.3, -0.25) is 8.87 Å². The highest BCUT2D eigenvalue weighted by atomic mass is 32.2. The van der Waals surface area contributed by atoms with E-state index < -0.39 is 0 Å². The number of aliphatic hydroxyl groups is 1. The standard InChI is InChI=1S/C29H31N7OS/c1-20(18-37)38-33(2)14-22-9-10-34(15-22)26-7-8-27-25(11-26)17-35-16-24(23-5-3-21(13-30)4-6-23)12-28(35)29-32-31-19-36(27)29/h3-8,11-12,16,19-20,22,37H,9-10,14-15,17-18H2,1-2H3/t20-,22-/m0/s1. The van der Waals surface area contributed by atoms with Gasteiger partial charge in [0.2, 0.25) is 0 Å². The highest BCUT2D eigenvalue weighted by molar-refractivity contribution is 7.97. The smallest absolute Gasteiger partial charge is 0.185 e. The first kappa shape index (κ1) is 24.7. The average molecular weight is 526 g/mol. The molecule has 8 nitrogen and oxygen atoms in total. The van der Waals surface area contributed by atoms with Crippen molar-refractivity contribution in [3.05, 3.63) is 72.2 Å². The highest BCUT2D eigenvalue weighted by Crippen LogP contribution is 2.36. The normalized spacial score (nSPS) is 17.0. The second-order valence-corrected chi connectivity index (χ2v) is 11.9. The molecule has 0 saturated carbocycles. The summed E-state index contributed by atoms with van der Waals surface area (Å²) in [7, 11) is 2.12. The molecule has 2 aromatic carbocycles. The van der Waals surface area contributed by atoms with Gasteiger partial charge < -0.3 is 14.6 Å². The summed E-state index contributed by atoms with van der Waals surface area (Å²) in [6.45, 7) is 6.11. The number of aromatic nitrogens is 4. The minimum Gasteiger partial charge on any atom is -0.395 e. The third-order valence-corrected chi connectivity index (χ3v) is 8.49. The van der Waals surface area contributed by atoms with E-state index in [-0.39, 0.29) is 11.9 Å². The van der Waals surface area contributed by atoms with E-state index in [0.717, 1.165) is 54.5 Å². The first-order valence-corrected chi connectivity index (χ1v) is 13.8. The molecule has 0 spiro atoms. The minimum atomic E-state index is 0.202. The molecule has 2 aromatic heterocycles. The van der Waals surface area contributed by atoms with Crippen LogP contribution < -0.4 is 4.90 Å². The van der Waals surface area contributed by atoms with Crippen LogP contribution in [0, 0.1) is 17.2 Å². The van der Waals surface area contributed by atoms with E-state index in [1.165, 1.54) is 17.7 Å². The number of anilines is 1. The van der Waals surface area contributed by atoms with Gasteiger partial charge in [0.15, 0.2) is 5.82 Å². The lowest BCUT2D eigenvalue weighted by Gasteiger charge is -2.24. The molecule has 2 aliphatic rings. The molecule has 0 aliphatic carbocycles. The summed E-state index contributed by atoms with van der Waals surface area (Å²) in [5.74, 6) is 1.43. The van der Waals surface area contributed by atoms with Gasteiger partial charge in [-0.25, -0.2) is 0 Å². The first-order valence-electron chi connectivity index (χ1n) is 13.0. The molecule has 0 unspecified atom stereocenters. The van der Waals surface area contributed by atoms with Gasteiger partial charge in [-0.1, -0.05) is 24.1 Å². The number of hydrogen-bond acceptors (Lipinski definition) is 7. The van der Waals surface area contributed by atoms with Crippen molar-refractivity contribution in [2.75, 3.05) is 38.2 Å². The Bertz CT molecular complexity index is 1490. The van der Waals surface area contributed by atoms with Crippen molar-refractivity contribution in [3.63, 3.8) is 0 Å². The summed E-state index contributed by atoms with van der Waals surface area (Å²) in [4.78, 5) is 2.50. The van der Waals surface area contributed by atoms with Crippen LogP contribution in [0.5, 0.6) is 0 Å². The summed E-state index contributed by atoms with van der Waals surface area (Å²) >= 11 is 1.73. The fourth-order valence-electron chi connectivity index (χ4n) is 5.59. The van der Waals surface area contributed by atoms with Crippen molar-refractivity contribution in [1.29, 1.82) is 5.26 Å². The van der Waals surface area contributed by atoms with Gasteiger partial charge in [-0.2, -0.15) is 5.26 Å². The SMILES string of the molecule is C[C@@H](CO)SN(C)C[C@@H]1CCN(c2ccc3c(c2)Cn2cc(-c4ccc(C#N)cc4)cc2-c2nncn2-3)C1. The lowest BCUT2D eigenvalue weighted by Crippen LogP contribution is -2.26. The van der Waals surface area contributed by atoms with Gasteiger partial charge in [0, 0.05) is 48.9 Å². The number of rotatable bonds is 7. The Kier molecular flexibility index (Phi) is 6.70. The van der Waals surface area contributed by atoms with Crippen LogP contribution in [0.4, 0.5) is 5.69 Å². The maximum Gasteiger partial charge on any atom is 0.185 e. The molecule has 4 aromatic rings. The van der Waals surface area contributed by atoms with Crippen molar-refractivity contribution in [3.8, 4) is 34.4 Å². The van der Waals surface area contributed by atoms with Gasteiger partial charge in [0.05, 0.1) is 29.6 Å². The molecule has 38 heavy (non-hydrogen) atoms. The van der Waals surface area contributed by atoms with Crippen molar-refractivity contribution in [1.82, 2.24) is 23.6 Å². The van der Waals surface area contributed by atoms with Crippen LogP contribution >= 0.6 is 11.9 Å². The molecule has 0 amide bonds. The van der Waals surface area contributed by atoms with Gasteiger partial charge in [-0.15, -0.1) is 10.2 Å². The van der Waals surface area contributed by atoms with E-state index in [1.807, 2.05) is 24.3 Å². The van der Waals surface area contributed by atoms with Gasteiger partial charge in [0.1, 0.15) is 6.33 Å². The van der Waals surface area contributed by atoms with Gasteiger partial charge >= 0.3 is 0 Å². The number of aliphatic hydroxyl groups excluding tert-OH is 1. The Morgan fingerprint density at radius 1 is 1.18 bits per heavy atom. The Balaban J connectivity index is 1.26. The number of nitriles is 1. The Labute approximate surface area is 227 Å². The molecule has 6 rings (SSSR count). The molecular weight excluding hydrogens is 494 g/mol. The van der Waals surface area contributed by atoms with Gasteiger partial charge in [-0.05, 0) is 73.8 Å².